The summed E-state index contributed by atoms with van der Waals surface area (Å²) in [6.07, 6.45) is 1.63. The van der Waals surface area contributed by atoms with Crippen LogP contribution in [0.1, 0.15) is 5.69 Å². The van der Waals surface area contributed by atoms with Crippen LogP contribution in [0.4, 0.5) is 5.82 Å². The van der Waals surface area contributed by atoms with Crippen LogP contribution >= 0.6 is 12.0 Å². The zero-order valence-electron chi connectivity index (χ0n) is 12.1. The van der Waals surface area contributed by atoms with Gasteiger partial charge in [-0.3, -0.25) is 5.21 Å². The summed E-state index contributed by atoms with van der Waals surface area (Å²) in [5, 5.41) is 14.5. The van der Waals surface area contributed by atoms with Gasteiger partial charge in [0.05, 0.1) is 16.3 Å². The van der Waals surface area contributed by atoms with Gasteiger partial charge in [0, 0.05) is 24.4 Å². The van der Waals surface area contributed by atoms with Crippen LogP contribution in [0.2, 0.25) is 0 Å². The van der Waals surface area contributed by atoms with Gasteiger partial charge in [-0.25, -0.2) is 13.1 Å². The summed E-state index contributed by atoms with van der Waals surface area (Å²) in [5.74, 6) is 0.236. The standard InChI is InChI=1S/C11H13N3O5S2.K/c1-8-7-11(14(15)19-20-2)13(12-8)9-3-5-10(6-4-9)21(16,17)18;/h3-7,15H,1-2H3,(H,16,17,18);/q;+1/p-1. The molecule has 0 amide bonds. The van der Waals surface area contributed by atoms with Gasteiger partial charge >= 0.3 is 51.4 Å². The number of hydrogen-bond acceptors (Lipinski definition) is 8. The van der Waals surface area contributed by atoms with Gasteiger partial charge in [-0.15, -0.1) is 0 Å². The minimum absolute atomic E-state index is 0. The molecule has 8 nitrogen and oxygen atoms in total. The largest absolute Gasteiger partial charge is 1.00 e. The molecule has 22 heavy (non-hydrogen) atoms. The Morgan fingerprint density at radius 3 is 2.45 bits per heavy atom. The van der Waals surface area contributed by atoms with E-state index in [1.807, 2.05) is 0 Å². The van der Waals surface area contributed by atoms with Crippen molar-refractivity contribution in [3.05, 3.63) is 36.0 Å². The van der Waals surface area contributed by atoms with Gasteiger partial charge in [-0.05, 0) is 31.2 Å². The molecule has 11 heteroatoms. The van der Waals surface area contributed by atoms with E-state index in [2.05, 4.69) is 5.10 Å². The predicted octanol–water partition coefficient (Wildman–Crippen LogP) is -1.51. The molecular formula is C11H12KN3O5S2. The van der Waals surface area contributed by atoms with E-state index in [9.17, 15) is 18.2 Å². The Morgan fingerprint density at radius 1 is 1.36 bits per heavy atom. The number of aromatic nitrogens is 2. The first-order chi connectivity index (χ1) is 9.82. The molecule has 114 valence electrons. The summed E-state index contributed by atoms with van der Waals surface area (Å²) >= 11 is 0.938. The maximum atomic E-state index is 10.9. The molecule has 0 atom stereocenters. The number of benzene rings is 1. The van der Waals surface area contributed by atoms with Crippen LogP contribution in [0, 0.1) is 6.92 Å². The third-order valence-corrected chi connectivity index (χ3v) is 3.66. The van der Waals surface area contributed by atoms with Crippen molar-refractivity contribution < 1.29 is 73.8 Å². The number of rotatable bonds is 5. The zero-order valence-corrected chi connectivity index (χ0v) is 16.9. The molecular weight excluding hydrogens is 357 g/mol. The normalized spacial score (nSPS) is 11.1. The predicted molar refractivity (Wildman–Crippen MR) is 75.1 cm³/mol. The molecule has 2 aromatic rings. The number of aryl methyl sites for hydroxylation is 1. The molecule has 1 aromatic heterocycles. The zero-order chi connectivity index (χ0) is 15.6. The van der Waals surface area contributed by atoms with Gasteiger partial charge in [-0.1, -0.05) is 5.23 Å². The van der Waals surface area contributed by atoms with E-state index in [1.54, 1.807) is 19.2 Å². The quantitative estimate of drug-likeness (QED) is 0.293. The van der Waals surface area contributed by atoms with E-state index in [-0.39, 0.29) is 62.1 Å². The fraction of sp³-hybridized carbons (Fsp3) is 0.182. The van der Waals surface area contributed by atoms with Gasteiger partial charge in [0.15, 0.2) is 5.82 Å². The van der Waals surface area contributed by atoms with Crippen LogP contribution in [-0.2, 0) is 14.4 Å². The van der Waals surface area contributed by atoms with Gasteiger partial charge < -0.3 is 4.55 Å². The van der Waals surface area contributed by atoms with Crippen molar-refractivity contribution in [2.24, 2.45) is 0 Å². The Kier molecular flexibility index (Phi) is 7.52. The molecule has 0 saturated heterocycles. The fourth-order valence-corrected chi connectivity index (χ4v) is 2.36. The molecule has 1 aromatic carbocycles. The van der Waals surface area contributed by atoms with E-state index in [4.69, 9.17) is 4.28 Å². The molecule has 1 N–H and O–H groups in total. The van der Waals surface area contributed by atoms with Gasteiger partial charge in [0.2, 0.25) is 0 Å². The number of nitrogens with zero attached hydrogens (tertiary/aromatic N) is 3. The van der Waals surface area contributed by atoms with E-state index < -0.39 is 10.1 Å². The molecule has 0 radical (unpaired) electrons. The van der Waals surface area contributed by atoms with E-state index in [0.29, 0.717) is 16.6 Å². The third kappa shape index (κ3) is 4.77. The van der Waals surface area contributed by atoms with Crippen molar-refractivity contribution >= 4 is 28.0 Å². The Bertz CT molecular complexity index is 733. The average molecular weight is 369 g/mol. The van der Waals surface area contributed by atoms with Crippen molar-refractivity contribution in [1.29, 1.82) is 0 Å². The molecule has 2 rings (SSSR count). The maximum absolute atomic E-state index is 10.9. The van der Waals surface area contributed by atoms with E-state index in [0.717, 1.165) is 12.0 Å². The second-order valence-electron chi connectivity index (χ2n) is 4.02. The van der Waals surface area contributed by atoms with Gasteiger partial charge in [-0.2, -0.15) is 9.38 Å². The van der Waals surface area contributed by atoms with E-state index >= 15 is 0 Å². The molecule has 0 aliphatic carbocycles. The van der Waals surface area contributed by atoms with Crippen LogP contribution in [-0.4, -0.2) is 34.2 Å². The third-order valence-electron chi connectivity index (χ3n) is 2.52. The van der Waals surface area contributed by atoms with Crippen molar-refractivity contribution in [3.8, 4) is 5.69 Å². The molecule has 0 aliphatic heterocycles. The van der Waals surface area contributed by atoms with E-state index in [1.165, 1.54) is 28.9 Å². The second-order valence-corrected chi connectivity index (χ2v) is 5.88. The number of hydrogen-bond donors (Lipinski definition) is 1. The van der Waals surface area contributed by atoms with Crippen molar-refractivity contribution in [3.63, 3.8) is 0 Å². The smallest absolute Gasteiger partial charge is 0.744 e. The number of anilines is 1. The van der Waals surface area contributed by atoms with Gasteiger partial charge in [0.1, 0.15) is 10.1 Å². The summed E-state index contributed by atoms with van der Waals surface area (Å²) < 4.78 is 38.9. The summed E-state index contributed by atoms with van der Waals surface area (Å²) in [6, 6.07) is 6.75. The molecule has 0 saturated carbocycles. The van der Waals surface area contributed by atoms with Crippen molar-refractivity contribution in [2.75, 3.05) is 11.5 Å². The molecule has 0 aliphatic rings. The Hall–Kier alpha value is 0.0464. The summed E-state index contributed by atoms with van der Waals surface area (Å²) in [5.41, 5.74) is 1.09. The fourth-order valence-electron chi connectivity index (χ4n) is 1.67. The summed E-state index contributed by atoms with van der Waals surface area (Å²) in [6.45, 7) is 1.73. The molecule has 0 fully saturated rings. The van der Waals surface area contributed by atoms with Crippen molar-refractivity contribution in [2.45, 2.75) is 11.8 Å². The summed E-state index contributed by atoms with van der Waals surface area (Å²) in [4.78, 5) is -0.335. The average Bonchev–Trinajstić information content (AvgIpc) is 2.80. The second kappa shape index (κ2) is 8.24. The Labute approximate surface area is 174 Å². The molecule has 0 spiro atoms. The maximum Gasteiger partial charge on any atom is 1.00 e. The van der Waals surface area contributed by atoms with Crippen LogP contribution in [0.5, 0.6) is 0 Å². The van der Waals surface area contributed by atoms with Crippen LogP contribution in [0.25, 0.3) is 5.69 Å². The molecule has 0 bridgehead atoms. The van der Waals surface area contributed by atoms with Gasteiger partial charge in [0.25, 0.3) is 0 Å². The Balaban J connectivity index is 0.00000242. The minimum Gasteiger partial charge on any atom is -0.744 e. The molecule has 1 heterocycles. The first kappa shape index (κ1) is 20.1. The Morgan fingerprint density at radius 2 is 1.95 bits per heavy atom. The minimum atomic E-state index is -4.50. The first-order valence-corrected chi connectivity index (χ1v) is 8.21. The topological polar surface area (TPSA) is 108 Å². The SMILES string of the molecule is CSON(O)c1cc(C)nn1-c1ccc(S(=O)(=O)[O-])cc1.[K+]. The monoisotopic (exact) mass is 369 g/mol. The summed E-state index contributed by atoms with van der Waals surface area (Å²) in [7, 11) is -4.50. The first-order valence-electron chi connectivity index (χ1n) is 5.65. The van der Waals surface area contributed by atoms with Crippen LogP contribution in [0.15, 0.2) is 35.2 Å². The molecule has 0 unspecified atom stereocenters. The van der Waals surface area contributed by atoms with Crippen LogP contribution < -0.4 is 56.6 Å². The van der Waals surface area contributed by atoms with Crippen LogP contribution in [0.3, 0.4) is 0 Å². The van der Waals surface area contributed by atoms with Crippen molar-refractivity contribution in [1.82, 2.24) is 9.78 Å².